The number of pyridine rings is 1. The number of amides is 1. The zero-order valence-electron chi connectivity index (χ0n) is 13.4. The molecule has 2 aliphatic rings. The Kier molecular flexibility index (Phi) is 4.68. The average molecular weight is 337 g/mol. The molecule has 2 saturated heterocycles. The zero-order valence-corrected chi connectivity index (χ0v) is 14.2. The van der Waals surface area contributed by atoms with Crippen LogP contribution in [-0.4, -0.2) is 60.9 Å². The van der Waals surface area contributed by atoms with Gasteiger partial charge in [-0.15, -0.1) is 0 Å². The molecule has 126 valence electrons. The van der Waals surface area contributed by atoms with Crippen molar-refractivity contribution in [1.29, 1.82) is 0 Å². The Hall–Kier alpha value is -1.47. The van der Waals surface area contributed by atoms with Crippen molar-refractivity contribution < 1.29 is 13.2 Å². The van der Waals surface area contributed by atoms with Crippen molar-refractivity contribution in [3.8, 4) is 0 Å². The molecule has 0 aliphatic carbocycles. The van der Waals surface area contributed by atoms with E-state index in [1.165, 1.54) is 12.6 Å². The first-order valence-electron chi connectivity index (χ1n) is 8.13. The Morgan fingerprint density at radius 3 is 2.61 bits per heavy atom. The van der Waals surface area contributed by atoms with E-state index in [-0.39, 0.29) is 29.5 Å². The molecular formula is C16H23N3O3S. The van der Waals surface area contributed by atoms with Gasteiger partial charge in [-0.05, 0) is 45.0 Å². The molecule has 1 aromatic rings. The van der Waals surface area contributed by atoms with E-state index in [4.69, 9.17) is 0 Å². The predicted molar refractivity (Wildman–Crippen MR) is 88.1 cm³/mol. The summed E-state index contributed by atoms with van der Waals surface area (Å²) in [6.45, 7) is 3.69. The highest BCUT2D eigenvalue weighted by molar-refractivity contribution is 7.91. The molecule has 0 unspecified atom stereocenters. The van der Waals surface area contributed by atoms with Crippen LogP contribution in [0.25, 0.3) is 0 Å². The number of piperidine rings is 1. The van der Waals surface area contributed by atoms with Gasteiger partial charge in [-0.25, -0.2) is 8.42 Å². The Morgan fingerprint density at radius 1 is 1.22 bits per heavy atom. The molecule has 1 aromatic heterocycles. The van der Waals surface area contributed by atoms with Crippen LogP contribution in [0.5, 0.6) is 0 Å². The molecule has 3 rings (SSSR count). The number of likely N-dealkylation sites (tertiary alicyclic amines) is 1. The summed E-state index contributed by atoms with van der Waals surface area (Å²) in [7, 11) is -3.10. The smallest absolute Gasteiger partial charge is 0.253 e. The van der Waals surface area contributed by atoms with Crippen molar-refractivity contribution >= 4 is 15.7 Å². The second-order valence-corrected chi connectivity index (χ2v) is 8.66. The van der Waals surface area contributed by atoms with Crippen LogP contribution in [0.3, 0.4) is 0 Å². The minimum absolute atomic E-state index is 0.0270. The van der Waals surface area contributed by atoms with Crippen LogP contribution in [0, 0.1) is 6.92 Å². The Balaban J connectivity index is 1.73. The summed E-state index contributed by atoms with van der Waals surface area (Å²) in [6.07, 6.45) is 4.92. The largest absolute Gasteiger partial charge is 0.347 e. The highest BCUT2D eigenvalue weighted by Crippen LogP contribution is 2.22. The number of rotatable bonds is 3. The Morgan fingerprint density at radius 2 is 1.96 bits per heavy atom. The van der Waals surface area contributed by atoms with Crippen molar-refractivity contribution in [2.24, 2.45) is 0 Å². The lowest BCUT2D eigenvalue weighted by Gasteiger charge is -2.35. The predicted octanol–water partition coefficient (Wildman–Crippen LogP) is 0.771. The molecule has 6 nitrogen and oxygen atoms in total. The van der Waals surface area contributed by atoms with Gasteiger partial charge in [0.15, 0.2) is 9.84 Å². The molecule has 0 radical (unpaired) electrons. The van der Waals surface area contributed by atoms with Gasteiger partial charge in [-0.1, -0.05) is 6.42 Å². The molecule has 2 atom stereocenters. The number of carbonyl (C=O) groups excluding carboxylic acids is 1. The summed E-state index contributed by atoms with van der Waals surface area (Å²) in [4.78, 5) is 18.7. The second-order valence-electron chi connectivity index (χ2n) is 6.51. The van der Waals surface area contributed by atoms with E-state index < -0.39 is 9.84 Å². The fraction of sp³-hybridized carbons (Fsp3) is 0.625. The lowest BCUT2D eigenvalue weighted by molar-refractivity contribution is 0.0899. The quantitative estimate of drug-likeness (QED) is 0.881. The van der Waals surface area contributed by atoms with Crippen LogP contribution in [-0.2, 0) is 9.84 Å². The maximum Gasteiger partial charge on any atom is 0.253 e. The maximum absolute atomic E-state index is 12.4. The summed E-state index contributed by atoms with van der Waals surface area (Å²) in [5, 5.41) is 2.92. The third-order valence-electron chi connectivity index (χ3n) is 4.67. The third-order valence-corrected chi connectivity index (χ3v) is 6.39. The lowest BCUT2D eigenvalue weighted by Crippen LogP contribution is -2.52. The van der Waals surface area contributed by atoms with Crippen molar-refractivity contribution in [2.75, 3.05) is 24.6 Å². The van der Waals surface area contributed by atoms with E-state index >= 15 is 0 Å². The van der Waals surface area contributed by atoms with Crippen LogP contribution in [0.1, 0.15) is 35.3 Å². The molecule has 0 spiro atoms. The number of aromatic nitrogens is 1. The standard InChI is InChI=1S/C16H23N3O3S/c1-12-5-6-13(9-17-12)16(20)18-14-10-23(21,22)11-15(14)19-7-3-2-4-8-19/h5-6,9,14-15H,2-4,7-8,10-11H2,1H3,(H,18,20)/t14-,15+/m1/s1. The fourth-order valence-electron chi connectivity index (χ4n) is 3.43. The Bertz CT molecular complexity index is 666. The molecule has 0 saturated carbocycles. The summed E-state index contributed by atoms with van der Waals surface area (Å²) in [5.74, 6) is -0.0786. The molecular weight excluding hydrogens is 314 g/mol. The molecule has 1 N–H and O–H groups in total. The molecule has 0 aromatic carbocycles. The highest BCUT2D eigenvalue weighted by Gasteiger charge is 2.41. The monoisotopic (exact) mass is 337 g/mol. The molecule has 1 amide bonds. The van der Waals surface area contributed by atoms with Crippen LogP contribution in [0.4, 0.5) is 0 Å². The van der Waals surface area contributed by atoms with Crippen molar-refractivity contribution in [3.05, 3.63) is 29.6 Å². The van der Waals surface area contributed by atoms with E-state index in [1.54, 1.807) is 12.1 Å². The molecule has 7 heteroatoms. The van der Waals surface area contributed by atoms with Crippen LogP contribution < -0.4 is 5.32 Å². The summed E-state index contributed by atoms with van der Waals surface area (Å²) in [6, 6.07) is 3.05. The second kappa shape index (κ2) is 6.57. The van der Waals surface area contributed by atoms with Gasteiger partial charge >= 0.3 is 0 Å². The number of aryl methyl sites for hydroxylation is 1. The summed E-state index contributed by atoms with van der Waals surface area (Å²) in [5.41, 5.74) is 1.31. The summed E-state index contributed by atoms with van der Waals surface area (Å²) < 4.78 is 24.1. The van der Waals surface area contributed by atoms with Crippen LogP contribution in [0.2, 0.25) is 0 Å². The zero-order chi connectivity index (χ0) is 16.4. The van der Waals surface area contributed by atoms with Crippen molar-refractivity contribution in [3.63, 3.8) is 0 Å². The SMILES string of the molecule is Cc1ccc(C(=O)N[C@@H]2CS(=O)(=O)C[C@@H]2N2CCCCC2)cn1. The number of hydrogen-bond donors (Lipinski definition) is 1. The number of nitrogens with zero attached hydrogens (tertiary/aromatic N) is 2. The minimum Gasteiger partial charge on any atom is -0.347 e. The highest BCUT2D eigenvalue weighted by atomic mass is 32.2. The van der Waals surface area contributed by atoms with E-state index in [1.807, 2.05) is 6.92 Å². The van der Waals surface area contributed by atoms with Crippen LogP contribution >= 0.6 is 0 Å². The third kappa shape index (κ3) is 3.90. The van der Waals surface area contributed by atoms with Crippen molar-refractivity contribution in [2.45, 2.75) is 38.3 Å². The lowest BCUT2D eigenvalue weighted by atomic mass is 10.0. The maximum atomic E-state index is 12.4. The molecule has 2 fully saturated rings. The number of sulfone groups is 1. The van der Waals surface area contributed by atoms with Gasteiger partial charge in [0.05, 0.1) is 23.1 Å². The first-order valence-corrected chi connectivity index (χ1v) is 9.95. The molecule has 23 heavy (non-hydrogen) atoms. The Labute approximate surface area is 137 Å². The van der Waals surface area contributed by atoms with Crippen molar-refractivity contribution in [1.82, 2.24) is 15.2 Å². The van der Waals surface area contributed by atoms with Gasteiger partial charge < -0.3 is 5.32 Å². The van der Waals surface area contributed by atoms with E-state index in [0.29, 0.717) is 5.56 Å². The number of hydrogen-bond acceptors (Lipinski definition) is 5. The van der Waals surface area contributed by atoms with Gasteiger partial charge in [0.1, 0.15) is 0 Å². The average Bonchev–Trinajstić information content (AvgIpc) is 2.83. The van der Waals surface area contributed by atoms with Gasteiger partial charge in [0.25, 0.3) is 5.91 Å². The molecule has 2 aliphatic heterocycles. The first kappa shape index (κ1) is 16.4. The van der Waals surface area contributed by atoms with E-state index in [0.717, 1.165) is 31.6 Å². The topological polar surface area (TPSA) is 79.4 Å². The van der Waals surface area contributed by atoms with Gasteiger partial charge in [0, 0.05) is 17.9 Å². The van der Waals surface area contributed by atoms with Gasteiger partial charge in [-0.3, -0.25) is 14.7 Å². The van der Waals surface area contributed by atoms with E-state index in [9.17, 15) is 13.2 Å². The van der Waals surface area contributed by atoms with E-state index in [2.05, 4.69) is 15.2 Å². The normalized spacial score (nSPS) is 27.7. The molecule has 3 heterocycles. The van der Waals surface area contributed by atoms with Crippen LogP contribution in [0.15, 0.2) is 18.3 Å². The fourth-order valence-corrected chi connectivity index (χ4v) is 5.38. The number of nitrogens with one attached hydrogen (secondary N) is 1. The minimum atomic E-state index is -3.10. The van der Waals surface area contributed by atoms with Gasteiger partial charge in [-0.2, -0.15) is 0 Å². The summed E-state index contributed by atoms with van der Waals surface area (Å²) >= 11 is 0. The first-order chi connectivity index (χ1) is 10.9. The molecule has 0 bridgehead atoms. The number of carbonyl (C=O) groups is 1. The van der Waals surface area contributed by atoms with Gasteiger partial charge in [0.2, 0.25) is 0 Å².